The van der Waals surface area contributed by atoms with Gasteiger partial charge >= 0.3 is 0 Å². The first-order valence-corrected chi connectivity index (χ1v) is 5.63. The van der Waals surface area contributed by atoms with E-state index in [0.717, 1.165) is 17.6 Å². The number of hydrogen-bond donors (Lipinski definition) is 1. The van der Waals surface area contributed by atoms with Crippen molar-refractivity contribution in [3.05, 3.63) is 60.8 Å². The topological polar surface area (TPSA) is 29.1 Å². The van der Waals surface area contributed by atoms with Crippen molar-refractivity contribution >= 4 is 5.91 Å². The van der Waals surface area contributed by atoms with Crippen LogP contribution in [0.2, 0.25) is 0 Å². The number of carbonyl (C=O) groups is 1. The predicted octanol–water partition coefficient (Wildman–Crippen LogP) is 3.31. The first kappa shape index (κ1) is 15.2. The van der Waals surface area contributed by atoms with E-state index in [0.29, 0.717) is 12.1 Å². The van der Waals surface area contributed by atoms with Crippen molar-refractivity contribution in [3.63, 3.8) is 0 Å². The molecule has 0 aromatic carbocycles. The highest BCUT2D eigenvalue weighted by molar-refractivity contribution is 5.93. The van der Waals surface area contributed by atoms with E-state index in [9.17, 15) is 4.79 Å². The SMILES string of the molecule is C=CC(=C)C=C(C)C(=O)NCC(=C)C=CCC. The van der Waals surface area contributed by atoms with Crippen LogP contribution in [0.15, 0.2) is 60.8 Å². The Labute approximate surface area is 104 Å². The zero-order valence-corrected chi connectivity index (χ0v) is 10.8. The maximum Gasteiger partial charge on any atom is 0.247 e. The minimum atomic E-state index is -0.112. The number of rotatable bonds is 7. The van der Waals surface area contributed by atoms with Crippen LogP contribution in [0.3, 0.4) is 0 Å². The summed E-state index contributed by atoms with van der Waals surface area (Å²) in [5, 5.41) is 2.79. The van der Waals surface area contributed by atoms with E-state index in [1.165, 1.54) is 0 Å². The Bertz CT molecular complexity index is 372. The van der Waals surface area contributed by atoms with Crippen LogP contribution in [0.1, 0.15) is 20.3 Å². The van der Waals surface area contributed by atoms with Gasteiger partial charge in [-0.05, 0) is 30.6 Å². The molecular weight excluding hydrogens is 210 g/mol. The van der Waals surface area contributed by atoms with Gasteiger partial charge in [-0.3, -0.25) is 4.79 Å². The fraction of sp³-hybridized carbons (Fsp3) is 0.267. The standard InChI is InChI=1S/C15H21NO/c1-6-8-9-13(4)11-16-15(17)14(5)10-12(3)7-2/h7-10H,2-4,6,11H2,1,5H3,(H,16,17). The summed E-state index contributed by atoms with van der Waals surface area (Å²) in [5.41, 5.74) is 2.22. The van der Waals surface area contributed by atoms with Gasteiger partial charge in [0.15, 0.2) is 0 Å². The highest BCUT2D eigenvalue weighted by Crippen LogP contribution is 2.01. The molecule has 0 rings (SSSR count). The lowest BCUT2D eigenvalue weighted by Gasteiger charge is -2.05. The van der Waals surface area contributed by atoms with E-state index in [2.05, 4.69) is 32.0 Å². The molecule has 0 saturated heterocycles. The molecular formula is C15H21NO. The monoisotopic (exact) mass is 231 g/mol. The fourth-order valence-electron chi connectivity index (χ4n) is 1.08. The average molecular weight is 231 g/mol. The van der Waals surface area contributed by atoms with Crippen LogP contribution in [0.25, 0.3) is 0 Å². The normalized spacial score (nSPS) is 11.3. The van der Waals surface area contributed by atoms with Crippen molar-refractivity contribution in [2.45, 2.75) is 20.3 Å². The van der Waals surface area contributed by atoms with Crippen molar-refractivity contribution in [2.24, 2.45) is 0 Å². The first-order valence-electron chi connectivity index (χ1n) is 5.63. The third-order valence-electron chi connectivity index (χ3n) is 2.09. The summed E-state index contributed by atoms with van der Waals surface area (Å²) in [6, 6.07) is 0. The lowest BCUT2D eigenvalue weighted by atomic mass is 10.1. The lowest BCUT2D eigenvalue weighted by Crippen LogP contribution is -2.25. The molecule has 0 heterocycles. The predicted molar refractivity (Wildman–Crippen MR) is 74.7 cm³/mol. The van der Waals surface area contributed by atoms with E-state index >= 15 is 0 Å². The maximum atomic E-state index is 11.7. The van der Waals surface area contributed by atoms with Gasteiger partial charge in [-0.2, -0.15) is 0 Å². The van der Waals surface area contributed by atoms with Gasteiger partial charge < -0.3 is 5.32 Å². The summed E-state index contributed by atoms with van der Waals surface area (Å²) < 4.78 is 0. The van der Waals surface area contributed by atoms with Gasteiger partial charge in [-0.15, -0.1) is 0 Å². The molecule has 0 fully saturated rings. The molecule has 2 heteroatoms. The minimum Gasteiger partial charge on any atom is -0.348 e. The van der Waals surface area contributed by atoms with Crippen molar-refractivity contribution in [2.75, 3.05) is 6.54 Å². The van der Waals surface area contributed by atoms with Crippen LogP contribution in [0, 0.1) is 0 Å². The highest BCUT2D eigenvalue weighted by Gasteiger charge is 2.03. The van der Waals surface area contributed by atoms with E-state index in [1.807, 2.05) is 12.2 Å². The average Bonchev–Trinajstić information content (AvgIpc) is 2.32. The summed E-state index contributed by atoms with van der Waals surface area (Å²) >= 11 is 0. The molecule has 0 aromatic heterocycles. The zero-order chi connectivity index (χ0) is 13.3. The van der Waals surface area contributed by atoms with E-state index < -0.39 is 0 Å². The van der Waals surface area contributed by atoms with E-state index in [4.69, 9.17) is 0 Å². The summed E-state index contributed by atoms with van der Waals surface area (Å²) in [5.74, 6) is -0.112. The van der Waals surface area contributed by atoms with Crippen LogP contribution in [-0.4, -0.2) is 12.5 Å². The number of amides is 1. The molecule has 92 valence electrons. The second-order valence-corrected chi connectivity index (χ2v) is 3.76. The van der Waals surface area contributed by atoms with Gasteiger partial charge in [0.2, 0.25) is 5.91 Å². The molecule has 0 radical (unpaired) electrons. The molecule has 0 saturated carbocycles. The third-order valence-corrected chi connectivity index (χ3v) is 2.09. The Kier molecular flexibility index (Phi) is 7.44. The fourth-order valence-corrected chi connectivity index (χ4v) is 1.08. The quantitative estimate of drug-likeness (QED) is 0.528. The van der Waals surface area contributed by atoms with Crippen molar-refractivity contribution in [3.8, 4) is 0 Å². The van der Waals surface area contributed by atoms with E-state index in [-0.39, 0.29) is 5.91 Å². The van der Waals surface area contributed by atoms with Gasteiger partial charge in [0, 0.05) is 12.1 Å². The maximum absolute atomic E-state index is 11.7. The largest absolute Gasteiger partial charge is 0.348 e. The lowest BCUT2D eigenvalue weighted by molar-refractivity contribution is -0.117. The molecule has 0 aliphatic carbocycles. The minimum absolute atomic E-state index is 0.112. The highest BCUT2D eigenvalue weighted by atomic mass is 16.1. The van der Waals surface area contributed by atoms with Crippen LogP contribution in [0.4, 0.5) is 0 Å². The van der Waals surface area contributed by atoms with Gasteiger partial charge in [-0.1, -0.05) is 44.9 Å². The van der Waals surface area contributed by atoms with Crippen molar-refractivity contribution < 1.29 is 4.79 Å². The second kappa shape index (κ2) is 8.34. The molecule has 1 amide bonds. The van der Waals surface area contributed by atoms with E-state index in [1.54, 1.807) is 19.1 Å². The molecule has 0 spiro atoms. The van der Waals surface area contributed by atoms with Gasteiger partial charge in [0.1, 0.15) is 0 Å². The molecule has 0 aliphatic heterocycles. The molecule has 0 bridgehead atoms. The van der Waals surface area contributed by atoms with Gasteiger partial charge in [0.25, 0.3) is 0 Å². The molecule has 2 nitrogen and oxygen atoms in total. The second-order valence-electron chi connectivity index (χ2n) is 3.76. The van der Waals surface area contributed by atoms with Crippen molar-refractivity contribution in [1.82, 2.24) is 5.32 Å². The first-order chi connectivity index (χ1) is 8.01. The summed E-state index contributed by atoms with van der Waals surface area (Å²) in [6.07, 6.45) is 8.20. The third kappa shape index (κ3) is 7.12. The molecule has 17 heavy (non-hydrogen) atoms. The van der Waals surface area contributed by atoms with Crippen LogP contribution < -0.4 is 5.32 Å². The number of allylic oxidation sites excluding steroid dienone is 4. The molecule has 0 atom stereocenters. The Hall–Kier alpha value is -1.83. The van der Waals surface area contributed by atoms with Gasteiger partial charge in [-0.25, -0.2) is 0 Å². The Morgan fingerprint density at radius 3 is 2.53 bits per heavy atom. The Morgan fingerprint density at radius 1 is 1.35 bits per heavy atom. The van der Waals surface area contributed by atoms with Crippen LogP contribution in [0.5, 0.6) is 0 Å². The summed E-state index contributed by atoms with van der Waals surface area (Å²) in [7, 11) is 0. The Balaban J connectivity index is 4.23. The van der Waals surface area contributed by atoms with Crippen LogP contribution >= 0.6 is 0 Å². The summed E-state index contributed by atoms with van der Waals surface area (Å²) in [4.78, 5) is 11.7. The van der Waals surface area contributed by atoms with Crippen LogP contribution in [-0.2, 0) is 4.79 Å². The molecule has 0 unspecified atom stereocenters. The molecule has 0 aliphatic rings. The smallest absolute Gasteiger partial charge is 0.247 e. The molecule has 1 N–H and O–H groups in total. The summed E-state index contributed by atoms with van der Waals surface area (Å²) in [6.45, 7) is 15.4. The van der Waals surface area contributed by atoms with Gasteiger partial charge in [0.05, 0.1) is 0 Å². The Morgan fingerprint density at radius 2 is 2.00 bits per heavy atom. The number of carbonyl (C=O) groups excluding carboxylic acids is 1. The number of hydrogen-bond acceptors (Lipinski definition) is 1. The number of nitrogens with one attached hydrogen (secondary N) is 1. The van der Waals surface area contributed by atoms with Crippen molar-refractivity contribution in [1.29, 1.82) is 0 Å². The zero-order valence-electron chi connectivity index (χ0n) is 10.8. The molecule has 0 aromatic rings.